The van der Waals surface area contributed by atoms with Crippen LogP contribution >= 0.6 is 12.2 Å². The monoisotopic (exact) mass is 291 g/mol. The van der Waals surface area contributed by atoms with Gasteiger partial charge < -0.3 is 10.6 Å². The maximum atomic E-state index is 12.7. The van der Waals surface area contributed by atoms with Crippen molar-refractivity contribution in [2.45, 2.75) is 20.0 Å². The number of halogens is 3. The number of rotatable bonds is 4. The van der Waals surface area contributed by atoms with Crippen molar-refractivity contribution in [1.82, 2.24) is 4.98 Å². The average molecular weight is 291 g/mol. The van der Waals surface area contributed by atoms with Gasteiger partial charge in [0.2, 0.25) is 0 Å². The lowest BCUT2D eigenvalue weighted by Gasteiger charge is -2.23. The number of alkyl halides is 3. The molecule has 0 atom stereocenters. The molecular formula is C12H16F3N3S. The summed E-state index contributed by atoms with van der Waals surface area (Å²) in [5.41, 5.74) is 4.93. The number of pyridine rings is 1. The molecule has 0 radical (unpaired) electrons. The largest absolute Gasteiger partial charge is 0.433 e. The third-order valence-electron chi connectivity index (χ3n) is 2.43. The van der Waals surface area contributed by atoms with E-state index in [0.717, 1.165) is 6.07 Å². The van der Waals surface area contributed by atoms with Gasteiger partial charge in [-0.1, -0.05) is 26.1 Å². The van der Waals surface area contributed by atoms with Crippen LogP contribution in [0.15, 0.2) is 12.1 Å². The third-order valence-corrected chi connectivity index (χ3v) is 2.65. The van der Waals surface area contributed by atoms with Crippen LogP contribution in [0.2, 0.25) is 0 Å². The average Bonchev–Trinajstić information content (AvgIpc) is 2.25. The maximum Gasteiger partial charge on any atom is 0.433 e. The van der Waals surface area contributed by atoms with E-state index < -0.39 is 11.9 Å². The normalized spacial score (nSPS) is 11.7. The van der Waals surface area contributed by atoms with Crippen molar-refractivity contribution in [3.63, 3.8) is 0 Å². The Kier molecular flexibility index (Phi) is 4.73. The van der Waals surface area contributed by atoms with E-state index in [9.17, 15) is 13.2 Å². The zero-order valence-corrected chi connectivity index (χ0v) is 11.8. The predicted octanol–water partition coefficient (Wildman–Crippen LogP) is 2.83. The molecule has 0 fully saturated rings. The number of nitrogens with two attached hydrogens (primary N) is 1. The molecule has 1 heterocycles. The van der Waals surface area contributed by atoms with Crippen molar-refractivity contribution in [1.29, 1.82) is 0 Å². The van der Waals surface area contributed by atoms with Gasteiger partial charge in [0.05, 0.1) is 5.56 Å². The van der Waals surface area contributed by atoms with E-state index in [1.54, 1.807) is 11.9 Å². The summed E-state index contributed by atoms with van der Waals surface area (Å²) in [4.78, 5) is 5.32. The topological polar surface area (TPSA) is 42.2 Å². The Morgan fingerprint density at radius 3 is 2.42 bits per heavy atom. The highest BCUT2D eigenvalue weighted by Gasteiger charge is 2.33. The molecule has 0 amide bonds. The zero-order chi connectivity index (χ0) is 14.8. The highest BCUT2D eigenvalue weighted by Crippen LogP contribution is 2.30. The Hall–Kier alpha value is -1.37. The summed E-state index contributed by atoms with van der Waals surface area (Å²) in [5, 5.41) is 0. The molecule has 0 aliphatic carbocycles. The number of hydrogen-bond donors (Lipinski definition) is 1. The van der Waals surface area contributed by atoms with Gasteiger partial charge in [-0.25, -0.2) is 4.98 Å². The minimum absolute atomic E-state index is 0.0341. The third kappa shape index (κ3) is 4.05. The molecule has 0 saturated carbocycles. The van der Waals surface area contributed by atoms with E-state index in [4.69, 9.17) is 18.0 Å². The summed E-state index contributed by atoms with van der Waals surface area (Å²) >= 11 is 4.85. The van der Waals surface area contributed by atoms with Crippen molar-refractivity contribution in [3.05, 3.63) is 23.4 Å². The first-order valence-electron chi connectivity index (χ1n) is 5.72. The van der Waals surface area contributed by atoms with Crippen LogP contribution in [0.3, 0.4) is 0 Å². The molecule has 0 saturated heterocycles. The molecular weight excluding hydrogens is 275 g/mol. The number of hydrogen-bond acceptors (Lipinski definition) is 3. The Bertz CT molecular complexity index is 472. The Labute approximate surface area is 115 Å². The van der Waals surface area contributed by atoms with Crippen molar-refractivity contribution in [3.8, 4) is 0 Å². The highest BCUT2D eigenvalue weighted by molar-refractivity contribution is 7.80. The zero-order valence-electron chi connectivity index (χ0n) is 11.0. The van der Waals surface area contributed by atoms with E-state index in [0.29, 0.717) is 12.1 Å². The van der Waals surface area contributed by atoms with Gasteiger partial charge in [0.1, 0.15) is 16.5 Å². The summed E-state index contributed by atoms with van der Waals surface area (Å²) in [5.74, 6) is 0.441. The standard InChI is InChI=1S/C12H16F3N3S/c1-7(2)6-18(3)11-8(10(16)19)4-5-9(17-11)12(13,14)15/h4-5,7H,6H2,1-3H3,(H2,16,19). The molecule has 106 valence electrons. The number of aromatic nitrogens is 1. The lowest BCUT2D eigenvalue weighted by Crippen LogP contribution is -2.28. The summed E-state index contributed by atoms with van der Waals surface area (Å²) in [7, 11) is 1.67. The lowest BCUT2D eigenvalue weighted by atomic mass is 10.1. The van der Waals surface area contributed by atoms with Crippen molar-refractivity contribution >= 4 is 23.0 Å². The van der Waals surface area contributed by atoms with Crippen molar-refractivity contribution < 1.29 is 13.2 Å². The van der Waals surface area contributed by atoms with Gasteiger partial charge in [0.15, 0.2) is 0 Å². The SMILES string of the molecule is CC(C)CN(C)c1nc(C(F)(F)F)ccc1C(N)=S. The van der Waals surface area contributed by atoms with E-state index in [1.165, 1.54) is 6.07 Å². The Balaban J connectivity index is 3.27. The van der Waals surface area contributed by atoms with Gasteiger partial charge in [0.25, 0.3) is 0 Å². The van der Waals surface area contributed by atoms with Crippen LogP contribution in [0.4, 0.5) is 19.0 Å². The van der Waals surface area contributed by atoms with Crippen LogP contribution in [0.1, 0.15) is 25.1 Å². The van der Waals surface area contributed by atoms with Crippen LogP contribution in [0.5, 0.6) is 0 Å². The summed E-state index contributed by atoms with van der Waals surface area (Å²) in [6.07, 6.45) is -4.48. The molecule has 1 aromatic rings. The molecule has 0 spiro atoms. The molecule has 0 aromatic carbocycles. The summed E-state index contributed by atoms with van der Waals surface area (Å²) in [6, 6.07) is 2.16. The first kappa shape index (κ1) is 15.7. The maximum absolute atomic E-state index is 12.7. The molecule has 3 nitrogen and oxygen atoms in total. The van der Waals surface area contributed by atoms with Gasteiger partial charge in [-0.3, -0.25) is 0 Å². The first-order chi connectivity index (χ1) is 8.62. The van der Waals surface area contributed by atoms with Crippen LogP contribution in [0.25, 0.3) is 0 Å². The van der Waals surface area contributed by atoms with Gasteiger partial charge >= 0.3 is 6.18 Å². The fourth-order valence-electron chi connectivity index (χ4n) is 1.72. The van der Waals surface area contributed by atoms with E-state index in [1.807, 2.05) is 13.8 Å². The molecule has 1 rings (SSSR count). The lowest BCUT2D eigenvalue weighted by molar-refractivity contribution is -0.141. The second-order valence-electron chi connectivity index (χ2n) is 4.70. The number of anilines is 1. The predicted molar refractivity (Wildman–Crippen MR) is 73.2 cm³/mol. The summed E-state index contributed by atoms with van der Waals surface area (Å²) < 4.78 is 38.0. The van der Waals surface area contributed by atoms with Gasteiger partial charge in [-0.15, -0.1) is 0 Å². The van der Waals surface area contributed by atoms with Crippen LogP contribution in [-0.4, -0.2) is 23.6 Å². The first-order valence-corrected chi connectivity index (χ1v) is 6.13. The second-order valence-corrected chi connectivity index (χ2v) is 5.14. The molecule has 1 aromatic heterocycles. The van der Waals surface area contributed by atoms with Crippen molar-refractivity contribution in [2.24, 2.45) is 11.7 Å². The van der Waals surface area contributed by atoms with Crippen LogP contribution < -0.4 is 10.6 Å². The fourth-order valence-corrected chi connectivity index (χ4v) is 1.88. The number of thiocarbonyl (C=S) groups is 1. The van der Waals surface area contributed by atoms with E-state index >= 15 is 0 Å². The molecule has 0 unspecified atom stereocenters. The fraction of sp³-hybridized carbons (Fsp3) is 0.500. The minimum atomic E-state index is -4.48. The Morgan fingerprint density at radius 1 is 1.42 bits per heavy atom. The second kappa shape index (κ2) is 5.73. The van der Waals surface area contributed by atoms with Crippen LogP contribution in [-0.2, 0) is 6.18 Å². The quantitative estimate of drug-likeness (QED) is 0.866. The highest BCUT2D eigenvalue weighted by atomic mass is 32.1. The molecule has 7 heteroatoms. The van der Waals surface area contributed by atoms with Gasteiger partial charge in [-0.05, 0) is 18.1 Å². The van der Waals surface area contributed by atoms with Crippen molar-refractivity contribution in [2.75, 3.05) is 18.5 Å². The molecule has 0 aliphatic heterocycles. The molecule has 19 heavy (non-hydrogen) atoms. The number of nitrogens with zero attached hydrogens (tertiary/aromatic N) is 2. The van der Waals surface area contributed by atoms with Gasteiger partial charge in [0, 0.05) is 13.6 Å². The van der Waals surface area contributed by atoms with Gasteiger partial charge in [-0.2, -0.15) is 13.2 Å². The molecule has 0 aliphatic rings. The smallest absolute Gasteiger partial charge is 0.389 e. The summed E-state index contributed by atoms with van der Waals surface area (Å²) in [6.45, 7) is 4.49. The molecule has 0 bridgehead atoms. The van der Waals surface area contributed by atoms with E-state index in [-0.39, 0.29) is 16.7 Å². The molecule has 2 N–H and O–H groups in total. The van der Waals surface area contributed by atoms with Crippen LogP contribution in [0, 0.1) is 5.92 Å². The van der Waals surface area contributed by atoms with E-state index in [2.05, 4.69) is 4.98 Å². The Morgan fingerprint density at radius 2 is 2.00 bits per heavy atom. The minimum Gasteiger partial charge on any atom is -0.389 e.